The van der Waals surface area contributed by atoms with Gasteiger partial charge in [-0.1, -0.05) is 12.1 Å². The lowest BCUT2D eigenvalue weighted by Crippen LogP contribution is -2.31. The predicted molar refractivity (Wildman–Crippen MR) is 85.3 cm³/mol. The van der Waals surface area contributed by atoms with Gasteiger partial charge >= 0.3 is 0 Å². The zero-order valence-corrected chi connectivity index (χ0v) is 12.9. The lowest BCUT2D eigenvalue weighted by atomic mass is 10.2. The van der Waals surface area contributed by atoms with Gasteiger partial charge < -0.3 is 4.90 Å². The number of aromatic nitrogens is 2. The highest BCUT2D eigenvalue weighted by Crippen LogP contribution is 2.15. The van der Waals surface area contributed by atoms with Gasteiger partial charge in [-0.3, -0.25) is 4.90 Å². The zero-order valence-electron chi connectivity index (χ0n) is 12.9. The summed E-state index contributed by atoms with van der Waals surface area (Å²) in [6.45, 7) is 6.79. The molecule has 116 valence electrons. The minimum absolute atomic E-state index is 0.177. The van der Waals surface area contributed by atoms with Crippen molar-refractivity contribution in [3.05, 3.63) is 53.5 Å². The molecule has 2 aromatic rings. The van der Waals surface area contributed by atoms with Gasteiger partial charge in [0.2, 0.25) is 0 Å². The van der Waals surface area contributed by atoms with E-state index in [9.17, 15) is 4.39 Å². The van der Waals surface area contributed by atoms with Crippen molar-refractivity contribution in [2.24, 2.45) is 0 Å². The molecule has 0 bridgehead atoms. The molecule has 22 heavy (non-hydrogen) atoms. The number of anilines is 1. The van der Waals surface area contributed by atoms with E-state index in [1.807, 2.05) is 31.2 Å². The fraction of sp³-hybridized carbons (Fsp3) is 0.412. The van der Waals surface area contributed by atoms with Crippen LogP contribution >= 0.6 is 0 Å². The smallest absolute Gasteiger partial charge is 0.151 e. The van der Waals surface area contributed by atoms with Gasteiger partial charge in [0.25, 0.3) is 0 Å². The standard InChI is InChI=1S/C17H21FN4/c1-14-3-8-17(20-19-14)22-10-2-9-21(11-12-22)13-15-4-6-16(18)7-5-15/h3-8H,2,9-13H2,1H3. The Labute approximate surface area is 130 Å². The van der Waals surface area contributed by atoms with Crippen molar-refractivity contribution in [3.63, 3.8) is 0 Å². The van der Waals surface area contributed by atoms with Crippen molar-refractivity contribution < 1.29 is 4.39 Å². The molecule has 1 aliphatic rings. The monoisotopic (exact) mass is 300 g/mol. The molecule has 0 saturated carbocycles. The SMILES string of the molecule is Cc1ccc(N2CCCN(Cc3ccc(F)cc3)CC2)nn1. The van der Waals surface area contributed by atoms with Crippen LogP contribution < -0.4 is 4.90 Å². The Morgan fingerprint density at radius 2 is 1.77 bits per heavy atom. The second-order valence-corrected chi connectivity index (χ2v) is 5.78. The normalized spacial score (nSPS) is 16.5. The van der Waals surface area contributed by atoms with E-state index in [-0.39, 0.29) is 5.82 Å². The summed E-state index contributed by atoms with van der Waals surface area (Å²) >= 11 is 0. The van der Waals surface area contributed by atoms with Crippen LogP contribution in [0, 0.1) is 12.7 Å². The minimum atomic E-state index is -0.177. The van der Waals surface area contributed by atoms with Crippen LogP contribution in [0.2, 0.25) is 0 Å². The van der Waals surface area contributed by atoms with Crippen LogP contribution in [0.3, 0.4) is 0 Å². The Balaban J connectivity index is 1.59. The number of hydrogen-bond acceptors (Lipinski definition) is 4. The van der Waals surface area contributed by atoms with E-state index >= 15 is 0 Å². The molecule has 0 N–H and O–H groups in total. The van der Waals surface area contributed by atoms with Gasteiger partial charge in [-0.25, -0.2) is 4.39 Å². The molecule has 1 saturated heterocycles. The summed E-state index contributed by atoms with van der Waals surface area (Å²) < 4.78 is 13.0. The van der Waals surface area contributed by atoms with Gasteiger partial charge in [-0.05, 0) is 43.2 Å². The first kappa shape index (κ1) is 14.9. The Morgan fingerprint density at radius 3 is 2.50 bits per heavy atom. The third-order valence-electron chi connectivity index (χ3n) is 4.02. The maximum atomic E-state index is 13.0. The Morgan fingerprint density at radius 1 is 0.955 bits per heavy atom. The van der Waals surface area contributed by atoms with Gasteiger partial charge in [0.05, 0.1) is 5.69 Å². The highest BCUT2D eigenvalue weighted by atomic mass is 19.1. The molecule has 2 heterocycles. The molecule has 1 aromatic heterocycles. The lowest BCUT2D eigenvalue weighted by molar-refractivity contribution is 0.285. The molecule has 1 fully saturated rings. The fourth-order valence-electron chi connectivity index (χ4n) is 2.77. The molecule has 4 nitrogen and oxygen atoms in total. The van der Waals surface area contributed by atoms with Gasteiger partial charge in [-0.2, -0.15) is 5.10 Å². The van der Waals surface area contributed by atoms with Crippen molar-refractivity contribution >= 4 is 5.82 Å². The molecule has 0 aliphatic carbocycles. The van der Waals surface area contributed by atoms with Crippen molar-refractivity contribution in [1.82, 2.24) is 15.1 Å². The fourth-order valence-corrected chi connectivity index (χ4v) is 2.77. The van der Waals surface area contributed by atoms with E-state index in [1.54, 1.807) is 0 Å². The molecule has 0 radical (unpaired) electrons. The van der Waals surface area contributed by atoms with Crippen LogP contribution in [0.25, 0.3) is 0 Å². The summed E-state index contributed by atoms with van der Waals surface area (Å²) in [4.78, 5) is 4.70. The summed E-state index contributed by atoms with van der Waals surface area (Å²) in [6.07, 6.45) is 1.09. The first-order chi connectivity index (χ1) is 10.7. The van der Waals surface area contributed by atoms with Crippen LogP contribution in [-0.2, 0) is 6.54 Å². The van der Waals surface area contributed by atoms with Gasteiger partial charge in [0.1, 0.15) is 5.82 Å². The molecule has 0 spiro atoms. The van der Waals surface area contributed by atoms with Gasteiger partial charge in [0.15, 0.2) is 5.82 Å². The summed E-state index contributed by atoms with van der Waals surface area (Å²) in [6, 6.07) is 10.8. The van der Waals surface area contributed by atoms with Crippen molar-refractivity contribution in [3.8, 4) is 0 Å². The molecule has 1 aliphatic heterocycles. The number of hydrogen-bond donors (Lipinski definition) is 0. The van der Waals surface area contributed by atoms with Crippen LogP contribution in [0.15, 0.2) is 36.4 Å². The van der Waals surface area contributed by atoms with E-state index < -0.39 is 0 Å². The first-order valence-electron chi connectivity index (χ1n) is 7.73. The van der Waals surface area contributed by atoms with Crippen LogP contribution in [0.5, 0.6) is 0 Å². The summed E-state index contributed by atoms with van der Waals surface area (Å²) in [7, 11) is 0. The molecule has 0 unspecified atom stereocenters. The maximum Gasteiger partial charge on any atom is 0.151 e. The maximum absolute atomic E-state index is 13.0. The molecule has 3 rings (SSSR count). The molecule has 5 heteroatoms. The van der Waals surface area contributed by atoms with Crippen molar-refractivity contribution in [1.29, 1.82) is 0 Å². The number of benzene rings is 1. The molecule has 1 aromatic carbocycles. The largest absolute Gasteiger partial charge is 0.354 e. The quantitative estimate of drug-likeness (QED) is 0.872. The lowest BCUT2D eigenvalue weighted by Gasteiger charge is -2.22. The van der Waals surface area contributed by atoms with Crippen LogP contribution in [0.1, 0.15) is 17.7 Å². The Hall–Kier alpha value is -2.01. The van der Waals surface area contributed by atoms with Crippen LogP contribution in [-0.4, -0.2) is 41.3 Å². The number of aryl methyl sites for hydroxylation is 1. The highest BCUT2D eigenvalue weighted by molar-refractivity contribution is 5.37. The van der Waals surface area contributed by atoms with E-state index in [0.717, 1.165) is 56.2 Å². The number of halogens is 1. The van der Waals surface area contributed by atoms with E-state index in [0.29, 0.717) is 0 Å². The third kappa shape index (κ3) is 3.80. The molecular formula is C17H21FN4. The molecule has 0 atom stereocenters. The van der Waals surface area contributed by atoms with Crippen molar-refractivity contribution in [2.75, 3.05) is 31.1 Å². The summed E-state index contributed by atoms with van der Waals surface area (Å²) in [5.41, 5.74) is 2.10. The van der Waals surface area contributed by atoms with E-state index in [4.69, 9.17) is 0 Å². The zero-order chi connectivity index (χ0) is 15.4. The van der Waals surface area contributed by atoms with E-state index in [2.05, 4.69) is 20.0 Å². The van der Waals surface area contributed by atoms with E-state index in [1.165, 1.54) is 12.1 Å². The third-order valence-corrected chi connectivity index (χ3v) is 4.02. The summed E-state index contributed by atoms with van der Waals surface area (Å²) in [5, 5.41) is 8.42. The van der Waals surface area contributed by atoms with Crippen LogP contribution in [0.4, 0.5) is 10.2 Å². The minimum Gasteiger partial charge on any atom is -0.354 e. The topological polar surface area (TPSA) is 32.3 Å². The second kappa shape index (κ2) is 6.83. The molecule has 0 amide bonds. The average molecular weight is 300 g/mol. The first-order valence-corrected chi connectivity index (χ1v) is 7.73. The Kier molecular flexibility index (Phi) is 4.63. The predicted octanol–water partition coefficient (Wildman–Crippen LogP) is 2.64. The number of rotatable bonds is 3. The second-order valence-electron chi connectivity index (χ2n) is 5.78. The van der Waals surface area contributed by atoms with Gasteiger partial charge in [0, 0.05) is 32.7 Å². The van der Waals surface area contributed by atoms with Crippen molar-refractivity contribution in [2.45, 2.75) is 19.9 Å². The highest BCUT2D eigenvalue weighted by Gasteiger charge is 2.16. The average Bonchev–Trinajstić information content (AvgIpc) is 2.76. The number of nitrogens with zero attached hydrogens (tertiary/aromatic N) is 4. The molecular weight excluding hydrogens is 279 g/mol. The Bertz CT molecular complexity index is 597. The summed E-state index contributed by atoms with van der Waals surface area (Å²) in [5.74, 6) is 0.776. The van der Waals surface area contributed by atoms with Gasteiger partial charge in [-0.15, -0.1) is 5.10 Å².